The summed E-state index contributed by atoms with van der Waals surface area (Å²) in [5.41, 5.74) is 1.73. The van der Waals surface area contributed by atoms with Crippen LogP contribution >= 0.6 is 34.7 Å². The quantitative estimate of drug-likeness (QED) is 0.265. The molecule has 1 heterocycles. The van der Waals surface area contributed by atoms with E-state index in [9.17, 15) is 10.1 Å². The van der Waals surface area contributed by atoms with Crippen molar-refractivity contribution in [2.45, 2.75) is 19.2 Å². The van der Waals surface area contributed by atoms with E-state index in [0.29, 0.717) is 40.4 Å². The van der Waals surface area contributed by atoms with Gasteiger partial charge in [0.2, 0.25) is 0 Å². The van der Waals surface area contributed by atoms with Gasteiger partial charge < -0.3 is 15.4 Å². The lowest BCUT2D eigenvalue weighted by atomic mass is 10.2. The molecule has 0 radical (unpaired) electrons. The fourth-order valence-electron chi connectivity index (χ4n) is 2.75. The molecule has 0 spiro atoms. The number of para-hydroxylation sites is 2. The van der Waals surface area contributed by atoms with E-state index in [2.05, 4.69) is 16.7 Å². The average Bonchev–Trinajstić information content (AvgIpc) is 3.32. The molecule has 0 aliphatic heterocycles. The lowest BCUT2D eigenvalue weighted by molar-refractivity contribution is -0.117. The van der Waals surface area contributed by atoms with Gasteiger partial charge in [-0.2, -0.15) is 5.26 Å². The van der Waals surface area contributed by atoms with E-state index < -0.39 is 5.91 Å². The number of hydrogen-bond donors (Lipinski definition) is 2. The third kappa shape index (κ3) is 6.79. The first-order valence-electron chi connectivity index (χ1n) is 9.91. The van der Waals surface area contributed by atoms with Gasteiger partial charge in [-0.3, -0.25) is 4.79 Å². The zero-order chi connectivity index (χ0) is 22.8. The molecule has 0 saturated heterocycles. The first-order valence-corrected chi connectivity index (χ1v) is 12.2. The van der Waals surface area contributed by atoms with Crippen molar-refractivity contribution in [3.63, 3.8) is 0 Å². The Morgan fingerprint density at radius 3 is 2.62 bits per heavy atom. The minimum atomic E-state index is -0.430. The zero-order valence-corrected chi connectivity index (χ0v) is 19.8. The van der Waals surface area contributed by atoms with Gasteiger partial charge in [0, 0.05) is 15.7 Å². The zero-order valence-electron chi connectivity index (χ0n) is 17.4. The number of carbonyl (C=O) groups is 1. The molecule has 8 heteroatoms. The Bertz CT molecular complexity index is 1110. The summed E-state index contributed by atoms with van der Waals surface area (Å²) in [6.45, 7) is 2.77. The van der Waals surface area contributed by atoms with E-state index in [0.717, 1.165) is 10.4 Å². The number of anilines is 1. The third-order valence-corrected chi connectivity index (χ3v) is 6.50. The van der Waals surface area contributed by atoms with E-state index in [1.54, 1.807) is 11.3 Å². The summed E-state index contributed by atoms with van der Waals surface area (Å²) >= 11 is 8.91. The molecule has 0 unspecified atom stereocenters. The monoisotopic (exact) mass is 483 g/mol. The van der Waals surface area contributed by atoms with Gasteiger partial charge in [0.1, 0.15) is 17.4 Å². The van der Waals surface area contributed by atoms with Crippen LogP contribution in [-0.4, -0.2) is 12.5 Å². The number of thiophene rings is 1. The summed E-state index contributed by atoms with van der Waals surface area (Å²) in [4.78, 5) is 13.9. The molecule has 2 aromatic carbocycles. The number of ether oxygens (including phenoxy) is 1. The van der Waals surface area contributed by atoms with Gasteiger partial charge in [-0.1, -0.05) is 41.9 Å². The van der Waals surface area contributed by atoms with Crippen molar-refractivity contribution in [2.24, 2.45) is 0 Å². The molecule has 0 aliphatic rings. The Hall–Kier alpha value is -2.92. The number of nitrogens with one attached hydrogen (secondary N) is 2. The van der Waals surface area contributed by atoms with Crippen LogP contribution in [0.5, 0.6) is 5.75 Å². The first kappa shape index (κ1) is 23.7. The molecule has 32 heavy (non-hydrogen) atoms. The molecule has 3 rings (SSSR count). The fraction of sp³-hybridized carbons (Fsp3) is 0.167. The number of halogens is 1. The summed E-state index contributed by atoms with van der Waals surface area (Å²) in [6.07, 6.45) is 0. The fourth-order valence-corrected chi connectivity index (χ4v) is 4.49. The van der Waals surface area contributed by atoms with Crippen LogP contribution in [0, 0.1) is 11.3 Å². The van der Waals surface area contributed by atoms with Crippen molar-refractivity contribution in [3.8, 4) is 11.8 Å². The van der Waals surface area contributed by atoms with Crippen molar-refractivity contribution in [3.05, 3.63) is 92.1 Å². The standard InChI is InChI=1S/C24H22ClN3O2S2/c1-2-30-22-8-4-3-7-21(22)28-24(32-16-17-9-11-18(25)12-10-17)20(14-26)23(29)27-15-19-6-5-13-31-19/h3-13,28H,2,15-16H2,1H3,(H,27,29). The number of amides is 1. The highest BCUT2D eigenvalue weighted by Crippen LogP contribution is 2.31. The van der Waals surface area contributed by atoms with Crippen molar-refractivity contribution in [2.75, 3.05) is 11.9 Å². The third-order valence-electron chi connectivity index (χ3n) is 4.30. The second-order valence-electron chi connectivity index (χ2n) is 6.55. The number of rotatable bonds is 10. The molecule has 0 bridgehead atoms. The van der Waals surface area contributed by atoms with Gasteiger partial charge in [0.05, 0.1) is 23.9 Å². The molecule has 0 fully saturated rings. The van der Waals surface area contributed by atoms with E-state index >= 15 is 0 Å². The van der Waals surface area contributed by atoms with Gasteiger partial charge in [0.25, 0.3) is 5.91 Å². The van der Waals surface area contributed by atoms with E-state index in [1.807, 2.05) is 73.0 Å². The van der Waals surface area contributed by atoms with Gasteiger partial charge >= 0.3 is 0 Å². The molecule has 0 atom stereocenters. The summed E-state index contributed by atoms with van der Waals surface area (Å²) in [6, 6.07) is 20.9. The minimum Gasteiger partial charge on any atom is -0.492 e. The van der Waals surface area contributed by atoms with E-state index in [4.69, 9.17) is 16.3 Å². The molecule has 1 amide bonds. The first-order chi connectivity index (χ1) is 15.6. The predicted molar refractivity (Wildman–Crippen MR) is 133 cm³/mol. The predicted octanol–water partition coefficient (Wildman–Crippen LogP) is 6.20. The topological polar surface area (TPSA) is 74.1 Å². The van der Waals surface area contributed by atoms with Crippen molar-refractivity contribution in [1.82, 2.24) is 5.32 Å². The Kier molecular flexibility index (Phi) is 9.05. The van der Waals surface area contributed by atoms with Crippen LogP contribution in [0.1, 0.15) is 17.4 Å². The summed E-state index contributed by atoms with van der Waals surface area (Å²) in [7, 11) is 0. The molecule has 3 aromatic rings. The lowest BCUT2D eigenvalue weighted by Crippen LogP contribution is -2.25. The summed E-state index contributed by atoms with van der Waals surface area (Å²) in [5, 5.41) is 19.0. The highest BCUT2D eigenvalue weighted by molar-refractivity contribution is 8.02. The highest BCUT2D eigenvalue weighted by Gasteiger charge is 2.18. The lowest BCUT2D eigenvalue weighted by Gasteiger charge is -2.16. The summed E-state index contributed by atoms with van der Waals surface area (Å²) in [5.74, 6) is 0.774. The molecule has 0 aliphatic carbocycles. The molecule has 0 saturated carbocycles. The number of hydrogen-bond acceptors (Lipinski definition) is 6. The van der Waals surface area contributed by atoms with Crippen molar-refractivity contribution < 1.29 is 9.53 Å². The molecule has 2 N–H and O–H groups in total. The Morgan fingerprint density at radius 2 is 1.94 bits per heavy atom. The van der Waals surface area contributed by atoms with Crippen LogP contribution < -0.4 is 15.4 Å². The van der Waals surface area contributed by atoms with Crippen molar-refractivity contribution >= 4 is 46.3 Å². The second-order valence-corrected chi connectivity index (χ2v) is 9.00. The number of carbonyl (C=O) groups excluding carboxylic acids is 1. The minimum absolute atomic E-state index is 0.0202. The Balaban J connectivity index is 1.87. The Morgan fingerprint density at radius 1 is 1.16 bits per heavy atom. The normalized spacial score (nSPS) is 11.3. The van der Waals surface area contributed by atoms with E-state index in [-0.39, 0.29) is 5.57 Å². The van der Waals surface area contributed by atoms with Crippen LogP contribution in [0.4, 0.5) is 5.69 Å². The average molecular weight is 484 g/mol. The second kappa shape index (κ2) is 12.2. The van der Waals surface area contributed by atoms with Gasteiger partial charge in [-0.15, -0.1) is 23.1 Å². The van der Waals surface area contributed by atoms with Crippen LogP contribution in [0.2, 0.25) is 5.02 Å². The number of nitriles is 1. The Labute approximate surface area is 201 Å². The van der Waals surface area contributed by atoms with E-state index in [1.165, 1.54) is 11.8 Å². The number of thioether (sulfide) groups is 1. The van der Waals surface area contributed by atoms with Gasteiger partial charge in [-0.25, -0.2) is 0 Å². The SMILES string of the molecule is CCOc1ccccc1NC(SCc1ccc(Cl)cc1)=C(C#N)C(=O)NCc1cccs1. The number of benzene rings is 2. The highest BCUT2D eigenvalue weighted by atomic mass is 35.5. The van der Waals surface area contributed by atoms with Crippen molar-refractivity contribution in [1.29, 1.82) is 5.26 Å². The maximum absolute atomic E-state index is 12.9. The largest absolute Gasteiger partial charge is 0.492 e. The molecule has 5 nitrogen and oxygen atoms in total. The van der Waals surface area contributed by atoms with Crippen LogP contribution in [0.25, 0.3) is 0 Å². The maximum atomic E-state index is 12.9. The van der Waals surface area contributed by atoms with Crippen LogP contribution in [0.3, 0.4) is 0 Å². The molecular weight excluding hydrogens is 462 g/mol. The molecule has 1 aromatic heterocycles. The summed E-state index contributed by atoms with van der Waals surface area (Å²) < 4.78 is 5.69. The maximum Gasteiger partial charge on any atom is 0.264 e. The molecular formula is C24H22ClN3O2S2. The molecule has 164 valence electrons. The van der Waals surface area contributed by atoms with Gasteiger partial charge in [0.15, 0.2) is 0 Å². The van der Waals surface area contributed by atoms with Gasteiger partial charge in [-0.05, 0) is 48.2 Å². The number of nitrogens with zero attached hydrogens (tertiary/aromatic N) is 1. The smallest absolute Gasteiger partial charge is 0.264 e. The van der Waals surface area contributed by atoms with Crippen LogP contribution in [-0.2, 0) is 17.1 Å². The van der Waals surface area contributed by atoms with Crippen LogP contribution in [0.15, 0.2) is 76.6 Å².